The molecule has 0 bridgehead atoms. The predicted molar refractivity (Wildman–Crippen MR) is 49.9 cm³/mol. The van der Waals surface area contributed by atoms with Crippen LogP contribution in [0.1, 0.15) is 18.9 Å². The van der Waals surface area contributed by atoms with Gasteiger partial charge in [0.05, 0.1) is 10.7 Å². The molecule has 60 valence electrons. The number of hydrogen-bond acceptors (Lipinski definition) is 1. The topological polar surface area (TPSA) is 26.0 Å². The molecule has 0 aliphatic heterocycles. The van der Waals surface area contributed by atoms with Crippen LogP contribution in [0, 0.1) is 0 Å². The Morgan fingerprint density at radius 3 is 2.82 bits per heavy atom. The monoisotopic (exact) mass is 169 g/mol. The molecule has 0 aliphatic carbocycles. The van der Waals surface area contributed by atoms with Crippen LogP contribution in [0.25, 0.3) is 0 Å². The molecule has 0 atom stereocenters. The number of benzene rings is 1. The van der Waals surface area contributed by atoms with Gasteiger partial charge in [0.1, 0.15) is 0 Å². The fraction of sp³-hybridized carbons (Fsp3) is 0.333. The van der Waals surface area contributed by atoms with Crippen molar-refractivity contribution >= 4 is 17.3 Å². The van der Waals surface area contributed by atoms with Crippen molar-refractivity contribution in [1.82, 2.24) is 0 Å². The van der Waals surface area contributed by atoms with E-state index < -0.39 is 0 Å². The highest BCUT2D eigenvalue weighted by atomic mass is 35.5. The summed E-state index contributed by atoms with van der Waals surface area (Å²) >= 11 is 5.82. The van der Waals surface area contributed by atoms with Crippen LogP contribution in [0.15, 0.2) is 18.2 Å². The maximum atomic E-state index is 5.82. The van der Waals surface area contributed by atoms with Gasteiger partial charge in [-0.25, -0.2) is 0 Å². The van der Waals surface area contributed by atoms with Crippen molar-refractivity contribution in [1.29, 1.82) is 0 Å². The second-order valence-electron chi connectivity index (χ2n) is 2.56. The van der Waals surface area contributed by atoms with Gasteiger partial charge in [-0.1, -0.05) is 37.1 Å². The molecule has 0 amide bonds. The first-order valence-corrected chi connectivity index (χ1v) is 4.16. The fourth-order valence-electron chi connectivity index (χ4n) is 1.07. The summed E-state index contributed by atoms with van der Waals surface area (Å²) in [6.45, 7) is 2.13. The molecule has 0 heterocycles. The molecule has 11 heavy (non-hydrogen) atoms. The predicted octanol–water partition coefficient (Wildman–Crippen LogP) is 2.87. The van der Waals surface area contributed by atoms with E-state index in [1.807, 2.05) is 18.2 Å². The smallest absolute Gasteiger partial charge is 0.0638 e. The number of nitrogen functional groups attached to an aromatic ring is 1. The number of anilines is 1. The van der Waals surface area contributed by atoms with E-state index in [1.54, 1.807) is 0 Å². The van der Waals surface area contributed by atoms with Crippen LogP contribution in [-0.4, -0.2) is 0 Å². The summed E-state index contributed by atoms with van der Waals surface area (Å²) in [5, 5.41) is 0.663. The Balaban J connectivity index is 2.96. The van der Waals surface area contributed by atoms with E-state index in [1.165, 1.54) is 0 Å². The number of rotatable bonds is 2. The van der Waals surface area contributed by atoms with Gasteiger partial charge in [-0.05, 0) is 18.1 Å². The van der Waals surface area contributed by atoms with Crippen molar-refractivity contribution in [2.75, 3.05) is 5.73 Å². The van der Waals surface area contributed by atoms with Crippen LogP contribution in [-0.2, 0) is 6.42 Å². The van der Waals surface area contributed by atoms with Crippen molar-refractivity contribution < 1.29 is 0 Å². The average Bonchev–Trinajstić information content (AvgIpc) is 1.99. The zero-order chi connectivity index (χ0) is 8.27. The van der Waals surface area contributed by atoms with Crippen LogP contribution in [0.2, 0.25) is 5.02 Å². The van der Waals surface area contributed by atoms with Crippen LogP contribution in [0.4, 0.5) is 5.69 Å². The molecule has 1 aromatic carbocycles. The quantitative estimate of drug-likeness (QED) is 0.677. The molecular formula is C9H12ClN. The van der Waals surface area contributed by atoms with Crippen LogP contribution in [0.3, 0.4) is 0 Å². The third-order valence-corrected chi connectivity index (χ3v) is 1.99. The first-order valence-electron chi connectivity index (χ1n) is 3.78. The second kappa shape index (κ2) is 3.63. The Hall–Kier alpha value is -0.690. The first-order chi connectivity index (χ1) is 5.25. The lowest BCUT2D eigenvalue weighted by Crippen LogP contribution is -1.94. The summed E-state index contributed by atoms with van der Waals surface area (Å²) in [5.74, 6) is 0. The first kappa shape index (κ1) is 8.41. The van der Waals surface area contributed by atoms with Gasteiger partial charge in [0.25, 0.3) is 0 Å². The molecule has 0 unspecified atom stereocenters. The molecule has 2 N–H and O–H groups in total. The van der Waals surface area contributed by atoms with Crippen LogP contribution >= 0.6 is 11.6 Å². The molecule has 1 aromatic rings. The molecule has 2 heteroatoms. The third kappa shape index (κ3) is 1.87. The van der Waals surface area contributed by atoms with E-state index in [9.17, 15) is 0 Å². The van der Waals surface area contributed by atoms with Crippen molar-refractivity contribution in [2.24, 2.45) is 0 Å². The molecule has 0 fully saturated rings. The van der Waals surface area contributed by atoms with Crippen LogP contribution < -0.4 is 5.73 Å². The van der Waals surface area contributed by atoms with Crippen molar-refractivity contribution in [2.45, 2.75) is 19.8 Å². The van der Waals surface area contributed by atoms with Gasteiger partial charge < -0.3 is 5.73 Å². The lowest BCUT2D eigenvalue weighted by Gasteiger charge is -2.04. The van der Waals surface area contributed by atoms with Gasteiger partial charge in [-0.15, -0.1) is 0 Å². The molecule has 0 aliphatic rings. The fourth-order valence-corrected chi connectivity index (χ4v) is 1.26. The molecule has 0 saturated heterocycles. The molecule has 1 rings (SSSR count). The van der Waals surface area contributed by atoms with E-state index in [4.69, 9.17) is 17.3 Å². The number of halogens is 1. The minimum atomic E-state index is 0.663. The summed E-state index contributed by atoms with van der Waals surface area (Å²) in [7, 11) is 0. The maximum absolute atomic E-state index is 5.82. The van der Waals surface area contributed by atoms with Gasteiger partial charge in [-0.3, -0.25) is 0 Å². The summed E-state index contributed by atoms with van der Waals surface area (Å²) in [4.78, 5) is 0. The van der Waals surface area contributed by atoms with E-state index in [-0.39, 0.29) is 0 Å². The summed E-state index contributed by atoms with van der Waals surface area (Å²) in [5.41, 5.74) is 7.62. The normalized spacial score (nSPS) is 10.0. The lowest BCUT2D eigenvalue weighted by molar-refractivity contribution is 0.924. The number of hydrogen-bond donors (Lipinski definition) is 1. The standard InChI is InChI=1S/C9H12ClN/c1-2-4-7-5-3-6-8(10)9(7)11/h3,5-6H,2,4,11H2,1H3. The SMILES string of the molecule is CCCc1cccc(Cl)c1N. The van der Waals surface area contributed by atoms with E-state index in [0.29, 0.717) is 5.02 Å². The highest BCUT2D eigenvalue weighted by Gasteiger charge is 2.00. The molecule has 0 spiro atoms. The van der Waals surface area contributed by atoms with Crippen molar-refractivity contribution in [3.8, 4) is 0 Å². The maximum Gasteiger partial charge on any atom is 0.0638 e. The highest BCUT2D eigenvalue weighted by Crippen LogP contribution is 2.22. The number of para-hydroxylation sites is 1. The Morgan fingerprint density at radius 2 is 2.18 bits per heavy atom. The van der Waals surface area contributed by atoms with Crippen molar-refractivity contribution in [3.05, 3.63) is 28.8 Å². The van der Waals surface area contributed by atoms with Crippen LogP contribution in [0.5, 0.6) is 0 Å². The summed E-state index contributed by atoms with van der Waals surface area (Å²) in [6, 6.07) is 5.77. The molecular weight excluding hydrogens is 158 g/mol. The summed E-state index contributed by atoms with van der Waals surface area (Å²) in [6.07, 6.45) is 2.11. The zero-order valence-corrected chi connectivity index (χ0v) is 7.36. The molecule has 0 radical (unpaired) electrons. The second-order valence-corrected chi connectivity index (χ2v) is 2.97. The Morgan fingerprint density at radius 1 is 1.45 bits per heavy atom. The third-order valence-electron chi connectivity index (χ3n) is 1.66. The zero-order valence-electron chi connectivity index (χ0n) is 6.60. The van der Waals surface area contributed by atoms with Gasteiger partial charge in [0, 0.05) is 0 Å². The Kier molecular flexibility index (Phi) is 2.77. The number of nitrogens with two attached hydrogens (primary N) is 1. The van der Waals surface area contributed by atoms with Gasteiger partial charge in [0.2, 0.25) is 0 Å². The largest absolute Gasteiger partial charge is 0.397 e. The van der Waals surface area contributed by atoms with Crippen molar-refractivity contribution in [3.63, 3.8) is 0 Å². The molecule has 0 saturated carbocycles. The highest BCUT2D eigenvalue weighted by molar-refractivity contribution is 6.33. The van der Waals surface area contributed by atoms with E-state index >= 15 is 0 Å². The molecule has 0 aromatic heterocycles. The number of aryl methyl sites for hydroxylation is 1. The van der Waals surface area contributed by atoms with E-state index in [0.717, 1.165) is 24.1 Å². The Labute approximate surface area is 72.2 Å². The van der Waals surface area contributed by atoms with Gasteiger partial charge in [-0.2, -0.15) is 0 Å². The minimum absolute atomic E-state index is 0.663. The lowest BCUT2D eigenvalue weighted by atomic mass is 10.1. The molecule has 1 nitrogen and oxygen atoms in total. The minimum Gasteiger partial charge on any atom is -0.397 e. The van der Waals surface area contributed by atoms with E-state index in [2.05, 4.69) is 6.92 Å². The van der Waals surface area contributed by atoms with Gasteiger partial charge in [0.15, 0.2) is 0 Å². The average molecular weight is 170 g/mol. The Bertz CT molecular complexity index is 245. The van der Waals surface area contributed by atoms with Gasteiger partial charge >= 0.3 is 0 Å². The summed E-state index contributed by atoms with van der Waals surface area (Å²) < 4.78 is 0.